The lowest BCUT2D eigenvalue weighted by atomic mass is 9.96. The number of aromatic nitrogens is 2. The van der Waals surface area contributed by atoms with E-state index in [0.29, 0.717) is 11.7 Å². The quantitative estimate of drug-likeness (QED) is 0.717. The summed E-state index contributed by atoms with van der Waals surface area (Å²) in [6.07, 6.45) is 9.60. The molecule has 0 bridgehead atoms. The van der Waals surface area contributed by atoms with E-state index in [1.165, 1.54) is 38.5 Å². The predicted octanol–water partition coefficient (Wildman–Crippen LogP) is 2.81. The molecule has 0 radical (unpaired) electrons. The smallest absolute Gasteiger partial charge is 0.145 e. The fourth-order valence-corrected chi connectivity index (χ4v) is 2.37. The van der Waals surface area contributed by atoms with Crippen molar-refractivity contribution < 1.29 is 0 Å². The first kappa shape index (κ1) is 10.4. The summed E-state index contributed by atoms with van der Waals surface area (Å²) in [5, 5.41) is 0. The van der Waals surface area contributed by atoms with Crippen molar-refractivity contribution in [1.29, 1.82) is 0 Å². The Morgan fingerprint density at radius 2 is 1.87 bits per heavy atom. The first-order chi connectivity index (χ1) is 7.27. The molecule has 0 amide bonds. The number of hydrogen-bond donors (Lipinski definition) is 1. The number of nitrogen functional groups attached to an aromatic ring is 1. The molecule has 1 aromatic rings. The Morgan fingerprint density at radius 3 is 2.47 bits per heavy atom. The van der Waals surface area contributed by atoms with E-state index in [0.717, 1.165) is 11.4 Å². The van der Waals surface area contributed by atoms with Crippen molar-refractivity contribution in [2.45, 2.75) is 51.4 Å². The third kappa shape index (κ3) is 2.46. The molecule has 0 unspecified atom stereocenters. The van der Waals surface area contributed by atoms with E-state index in [1.807, 2.05) is 13.1 Å². The molecule has 3 nitrogen and oxygen atoms in total. The average molecular weight is 205 g/mol. The number of aryl methyl sites for hydroxylation is 1. The molecule has 1 fully saturated rings. The van der Waals surface area contributed by atoms with Gasteiger partial charge in [-0.2, -0.15) is 0 Å². The summed E-state index contributed by atoms with van der Waals surface area (Å²) >= 11 is 0. The Morgan fingerprint density at radius 1 is 1.20 bits per heavy atom. The van der Waals surface area contributed by atoms with Crippen molar-refractivity contribution in [3.63, 3.8) is 0 Å². The van der Waals surface area contributed by atoms with Crippen molar-refractivity contribution in [2.75, 3.05) is 5.73 Å². The highest BCUT2D eigenvalue weighted by atomic mass is 14.9. The Kier molecular flexibility index (Phi) is 3.19. The van der Waals surface area contributed by atoms with E-state index in [2.05, 4.69) is 9.97 Å². The highest BCUT2D eigenvalue weighted by Gasteiger charge is 2.18. The highest BCUT2D eigenvalue weighted by Crippen LogP contribution is 2.32. The van der Waals surface area contributed by atoms with Gasteiger partial charge in [-0.3, -0.25) is 4.98 Å². The van der Waals surface area contributed by atoms with E-state index in [1.54, 1.807) is 0 Å². The van der Waals surface area contributed by atoms with Crippen molar-refractivity contribution in [2.24, 2.45) is 0 Å². The largest absolute Gasteiger partial charge is 0.382 e. The topological polar surface area (TPSA) is 51.8 Å². The highest BCUT2D eigenvalue weighted by molar-refractivity contribution is 5.37. The molecule has 0 atom stereocenters. The number of rotatable bonds is 1. The summed E-state index contributed by atoms with van der Waals surface area (Å²) in [7, 11) is 0. The summed E-state index contributed by atoms with van der Waals surface area (Å²) in [4.78, 5) is 8.75. The van der Waals surface area contributed by atoms with Gasteiger partial charge in [0.05, 0.1) is 11.4 Å². The van der Waals surface area contributed by atoms with Crippen molar-refractivity contribution in [3.05, 3.63) is 17.6 Å². The van der Waals surface area contributed by atoms with Gasteiger partial charge >= 0.3 is 0 Å². The Hall–Kier alpha value is -1.12. The van der Waals surface area contributed by atoms with Crippen LogP contribution in [0.25, 0.3) is 0 Å². The normalized spacial score (nSPS) is 18.7. The second-order valence-electron chi connectivity index (χ2n) is 4.47. The molecule has 3 heteroatoms. The van der Waals surface area contributed by atoms with Crippen molar-refractivity contribution in [1.82, 2.24) is 9.97 Å². The molecule has 0 spiro atoms. The molecule has 0 aromatic carbocycles. The summed E-state index contributed by atoms with van der Waals surface area (Å²) in [6.45, 7) is 1.93. The second-order valence-corrected chi connectivity index (χ2v) is 4.47. The number of nitrogens with two attached hydrogens (primary N) is 1. The third-order valence-corrected chi connectivity index (χ3v) is 3.19. The lowest BCUT2D eigenvalue weighted by Crippen LogP contribution is -2.07. The molecule has 1 aromatic heterocycles. The minimum Gasteiger partial charge on any atom is -0.382 e. The Bertz CT molecular complexity index is 328. The van der Waals surface area contributed by atoms with Crippen LogP contribution in [0.15, 0.2) is 6.20 Å². The van der Waals surface area contributed by atoms with Gasteiger partial charge in [0.2, 0.25) is 0 Å². The number of anilines is 1. The molecule has 1 heterocycles. The van der Waals surface area contributed by atoms with Crippen LogP contribution in [-0.2, 0) is 0 Å². The molecule has 0 aliphatic heterocycles. The third-order valence-electron chi connectivity index (χ3n) is 3.19. The second kappa shape index (κ2) is 4.60. The van der Waals surface area contributed by atoms with Gasteiger partial charge in [0.15, 0.2) is 0 Å². The summed E-state index contributed by atoms with van der Waals surface area (Å²) in [5.41, 5.74) is 7.87. The van der Waals surface area contributed by atoms with Crippen molar-refractivity contribution >= 4 is 5.82 Å². The van der Waals surface area contributed by atoms with Gasteiger partial charge in [-0.1, -0.05) is 25.7 Å². The molecular formula is C12H19N3. The van der Waals surface area contributed by atoms with Crippen LogP contribution in [-0.4, -0.2) is 9.97 Å². The van der Waals surface area contributed by atoms with Crippen LogP contribution >= 0.6 is 0 Å². The molecule has 1 aliphatic rings. The Balaban J connectivity index is 2.19. The maximum absolute atomic E-state index is 5.93. The van der Waals surface area contributed by atoms with Crippen LogP contribution in [0.1, 0.15) is 55.8 Å². The Labute approximate surface area is 91.1 Å². The lowest BCUT2D eigenvalue weighted by Gasteiger charge is -2.14. The van der Waals surface area contributed by atoms with E-state index in [4.69, 9.17) is 5.73 Å². The molecule has 0 saturated heterocycles. The van der Waals surface area contributed by atoms with Gasteiger partial charge in [-0.05, 0) is 19.8 Å². The average Bonchev–Trinajstić information content (AvgIpc) is 2.46. The van der Waals surface area contributed by atoms with Gasteiger partial charge in [-0.15, -0.1) is 0 Å². The molecular weight excluding hydrogens is 186 g/mol. The lowest BCUT2D eigenvalue weighted by molar-refractivity contribution is 0.577. The van der Waals surface area contributed by atoms with Gasteiger partial charge < -0.3 is 5.73 Å². The minimum atomic E-state index is 0.542. The van der Waals surface area contributed by atoms with Crippen LogP contribution in [0.3, 0.4) is 0 Å². The monoisotopic (exact) mass is 205 g/mol. The van der Waals surface area contributed by atoms with Gasteiger partial charge in [0.1, 0.15) is 5.82 Å². The number of nitrogens with zero attached hydrogens (tertiary/aromatic N) is 2. The van der Waals surface area contributed by atoms with Crippen LogP contribution < -0.4 is 5.73 Å². The molecule has 2 N–H and O–H groups in total. The minimum absolute atomic E-state index is 0.542. The fraction of sp³-hybridized carbons (Fsp3) is 0.667. The standard InChI is InChI=1S/C12H19N3/c1-9-8-14-11(12(13)15-9)10-6-4-2-3-5-7-10/h8,10H,2-7H2,1H3,(H2,13,15). The van der Waals surface area contributed by atoms with E-state index in [9.17, 15) is 0 Å². The van der Waals surface area contributed by atoms with Gasteiger partial charge in [0.25, 0.3) is 0 Å². The zero-order chi connectivity index (χ0) is 10.7. The van der Waals surface area contributed by atoms with Crippen LogP contribution in [0.5, 0.6) is 0 Å². The van der Waals surface area contributed by atoms with E-state index < -0.39 is 0 Å². The zero-order valence-electron chi connectivity index (χ0n) is 9.37. The van der Waals surface area contributed by atoms with Crippen LogP contribution in [0.4, 0.5) is 5.82 Å². The van der Waals surface area contributed by atoms with Gasteiger partial charge in [0, 0.05) is 12.1 Å². The van der Waals surface area contributed by atoms with Gasteiger partial charge in [-0.25, -0.2) is 4.98 Å². The molecule has 2 rings (SSSR count). The SMILES string of the molecule is Cc1cnc(C2CCCCCC2)c(N)n1. The first-order valence-corrected chi connectivity index (χ1v) is 5.86. The van der Waals surface area contributed by atoms with Crippen LogP contribution in [0.2, 0.25) is 0 Å². The first-order valence-electron chi connectivity index (χ1n) is 5.86. The predicted molar refractivity (Wildman–Crippen MR) is 61.6 cm³/mol. The van der Waals surface area contributed by atoms with E-state index in [-0.39, 0.29) is 0 Å². The fourth-order valence-electron chi connectivity index (χ4n) is 2.37. The zero-order valence-corrected chi connectivity index (χ0v) is 9.37. The summed E-state index contributed by atoms with van der Waals surface area (Å²) < 4.78 is 0. The summed E-state index contributed by atoms with van der Waals surface area (Å²) in [6, 6.07) is 0. The molecule has 82 valence electrons. The maximum Gasteiger partial charge on any atom is 0.145 e. The number of hydrogen-bond acceptors (Lipinski definition) is 3. The summed E-state index contributed by atoms with van der Waals surface area (Å²) in [5.74, 6) is 1.18. The maximum atomic E-state index is 5.93. The molecule has 1 saturated carbocycles. The van der Waals surface area contributed by atoms with Crippen LogP contribution in [0, 0.1) is 6.92 Å². The molecule has 1 aliphatic carbocycles. The molecule has 15 heavy (non-hydrogen) atoms. The van der Waals surface area contributed by atoms with E-state index >= 15 is 0 Å². The van der Waals surface area contributed by atoms with Crippen molar-refractivity contribution in [3.8, 4) is 0 Å².